The Labute approximate surface area is 160 Å². The van der Waals surface area contributed by atoms with E-state index in [0.717, 1.165) is 25.6 Å². The fourth-order valence-electron chi connectivity index (χ4n) is 5.31. The normalized spacial score (nSPS) is 32.2. The maximum absolute atomic E-state index is 14.2. The van der Waals surface area contributed by atoms with Crippen LogP contribution in [0.25, 0.3) is 0 Å². The van der Waals surface area contributed by atoms with Gasteiger partial charge in [0, 0.05) is 24.2 Å². The van der Waals surface area contributed by atoms with E-state index in [-0.39, 0.29) is 6.04 Å². The van der Waals surface area contributed by atoms with Crippen LogP contribution in [0.5, 0.6) is 0 Å². The molecule has 4 rings (SSSR count). The third kappa shape index (κ3) is 3.90. The van der Waals surface area contributed by atoms with E-state index in [4.69, 9.17) is 4.74 Å². The molecule has 150 valence electrons. The molecule has 3 saturated heterocycles. The molecule has 0 aliphatic carbocycles. The van der Waals surface area contributed by atoms with Gasteiger partial charge >= 0.3 is 0 Å². The van der Waals surface area contributed by atoms with Gasteiger partial charge in [-0.05, 0) is 83.0 Å². The average Bonchev–Trinajstić information content (AvgIpc) is 3.04. The lowest BCUT2D eigenvalue weighted by Crippen LogP contribution is -2.53. The SMILES string of the molecule is CNC1CC(N2CCC3(CCN(C)C3)CC2)COC1c1cc(F)ccc1F. The largest absolute Gasteiger partial charge is 0.370 e. The Balaban J connectivity index is 1.40. The summed E-state index contributed by atoms with van der Waals surface area (Å²) in [5.74, 6) is -0.819. The highest BCUT2D eigenvalue weighted by atomic mass is 19.1. The number of rotatable bonds is 3. The summed E-state index contributed by atoms with van der Waals surface area (Å²) in [4.78, 5) is 5.00. The van der Waals surface area contributed by atoms with E-state index in [1.165, 1.54) is 44.5 Å². The lowest BCUT2D eigenvalue weighted by molar-refractivity contribution is -0.0689. The molecule has 27 heavy (non-hydrogen) atoms. The lowest BCUT2D eigenvalue weighted by Gasteiger charge is -2.46. The van der Waals surface area contributed by atoms with Crippen molar-refractivity contribution in [3.05, 3.63) is 35.4 Å². The van der Waals surface area contributed by atoms with Gasteiger partial charge in [-0.15, -0.1) is 0 Å². The predicted molar refractivity (Wildman–Crippen MR) is 102 cm³/mol. The number of ether oxygens (including phenoxy) is 1. The second kappa shape index (κ2) is 7.74. The van der Waals surface area contributed by atoms with Gasteiger partial charge in [-0.3, -0.25) is 4.90 Å². The molecule has 3 heterocycles. The number of benzene rings is 1. The fraction of sp³-hybridized carbons (Fsp3) is 0.714. The third-order valence-electron chi connectivity index (χ3n) is 7.00. The minimum absolute atomic E-state index is 0.0199. The molecule has 3 atom stereocenters. The third-order valence-corrected chi connectivity index (χ3v) is 7.00. The second-order valence-corrected chi connectivity index (χ2v) is 8.73. The summed E-state index contributed by atoms with van der Waals surface area (Å²) in [6, 6.07) is 3.94. The zero-order chi connectivity index (χ0) is 19.0. The highest BCUT2D eigenvalue weighted by molar-refractivity contribution is 5.23. The summed E-state index contributed by atoms with van der Waals surface area (Å²) >= 11 is 0. The average molecular weight is 379 g/mol. The van der Waals surface area contributed by atoms with E-state index in [1.54, 1.807) is 0 Å². The first-order valence-corrected chi connectivity index (χ1v) is 10.2. The van der Waals surface area contributed by atoms with Gasteiger partial charge in [-0.25, -0.2) is 8.78 Å². The molecule has 0 saturated carbocycles. The zero-order valence-electron chi connectivity index (χ0n) is 16.4. The minimum Gasteiger partial charge on any atom is -0.370 e. The molecule has 6 heteroatoms. The molecule has 1 spiro atoms. The highest BCUT2D eigenvalue weighted by Crippen LogP contribution is 2.41. The van der Waals surface area contributed by atoms with Gasteiger partial charge in [-0.1, -0.05) is 0 Å². The van der Waals surface area contributed by atoms with Gasteiger partial charge in [-0.2, -0.15) is 0 Å². The zero-order valence-corrected chi connectivity index (χ0v) is 16.4. The van der Waals surface area contributed by atoms with Crippen molar-refractivity contribution in [1.82, 2.24) is 15.1 Å². The molecule has 1 aromatic rings. The number of nitrogens with zero attached hydrogens (tertiary/aromatic N) is 2. The first kappa shape index (κ1) is 19.2. The Bertz CT molecular complexity index is 663. The molecule has 0 radical (unpaired) electrons. The van der Waals surface area contributed by atoms with E-state index in [0.29, 0.717) is 23.6 Å². The first-order chi connectivity index (χ1) is 13.0. The van der Waals surface area contributed by atoms with E-state index >= 15 is 0 Å². The van der Waals surface area contributed by atoms with Crippen LogP contribution < -0.4 is 5.32 Å². The van der Waals surface area contributed by atoms with Crippen molar-refractivity contribution >= 4 is 0 Å². The van der Waals surface area contributed by atoms with Crippen molar-refractivity contribution in [1.29, 1.82) is 0 Å². The smallest absolute Gasteiger partial charge is 0.129 e. The van der Waals surface area contributed by atoms with Gasteiger partial charge < -0.3 is 15.0 Å². The molecule has 1 N–H and O–H groups in total. The number of nitrogens with one attached hydrogen (secondary N) is 1. The van der Waals surface area contributed by atoms with Crippen LogP contribution in [-0.2, 0) is 4.74 Å². The van der Waals surface area contributed by atoms with Crippen molar-refractivity contribution in [2.45, 2.75) is 43.9 Å². The molecule has 3 aliphatic heterocycles. The maximum atomic E-state index is 14.2. The molecule has 3 aliphatic rings. The number of likely N-dealkylation sites (N-methyl/N-ethyl adjacent to an activating group) is 1. The van der Waals surface area contributed by atoms with Crippen LogP contribution in [0.15, 0.2) is 18.2 Å². The van der Waals surface area contributed by atoms with Gasteiger partial charge in [0.15, 0.2) is 0 Å². The predicted octanol–water partition coefficient (Wildman–Crippen LogP) is 2.80. The van der Waals surface area contributed by atoms with Crippen molar-refractivity contribution in [2.24, 2.45) is 5.41 Å². The molecular formula is C21H31F2N3O. The summed E-state index contributed by atoms with van der Waals surface area (Å²) < 4.78 is 33.9. The molecular weight excluding hydrogens is 348 g/mol. The van der Waals surface area contributed by atoms with Gasteiger partial charge in [0.1, 0.15) is 17.7 Å². The summed E-state index contributed by atoms with van der Waals surface area (Å²) in [5, 5.41) is 3.28. The Morgan fingerprint density at radius 3 is 2.56 bits per heavy atom. The number of hydrogen-bond acceptors (Lipinski definition) is 4. The molecule has 3 fully saturated rings. The summed E-state index contributed by atoms with van der Waals surface area (Å²) in [6.45, 7) is 5.23. The standard InChI is InChI=1S/C21H31F2N3O/c1-24-19-12-16(13-27-20(19)17-11-15(22)3-4-18(17)23)26-9-6-21(7-10-26)5-8-25(2)14-21/h3-4,11,16,19-20,24H,5-10,12-14H2,1-2H3. The summed E-state index contributed by atoms with van der Waals surface area (Å²) in [7, 11) is 4.10. The van der Waals surface area contributed by atoms with Crippen LogP contribution in [0, 0.1) is 17.0 Å². The van der Waals surface area contributed by atoms with Crippen LogP contribution in [0.4, 0.5) is 8.78 Å². The Hall–Kier alpha value is -1.08. The molecule has 0 amide bonds. The minimum atomic E-state index is -0.443. The number of piperidine rings is 1. The monoisotopic (exact) mass is 379 g/mol. The Kier molecular flexibility index (Phi) is 5.52. The van der Waals surface area contributed by atoms with Crippen molar-refractivity contribution in [3.63, 3.8) is 0 Å². The lowest BCUT2D eigenvalue weighted by atomic mass is 9.77. The van der Waals surface area contributed by atoms with Crippen LogP contribution >= 0.6 is 0 Å². The van der Waals surface area contributed by atoms with Crippen molar-refractivity contribution in [3.8, 4) is 0 Å². The number of likely N-dealkylation sites (tertiary alicyclic amines) is 2. The molecule has 0 aromatic heterocycles. The topological polar surface area (TPSA) is 27.7 Å². The summed E-state index contributed by atoms with van der Waals surface area (Å²) in [6.07, 6.45) is 4.27. The van der Waals surface area contributed by atoms with E-state index in [9.17, 15) is 8.78 Å². The van der Waals surface area contributed by atoms with E-state index < -0.39 is 17.7 Å². The van der Waals surface area contributed by atoms with Crippen molar-refractivity contribution < 1.29 is 13.5 Å². The molecule has 4 nitrogen and oxygen atoms in total. The summed E-state index contributed by atoms with van der Waals surface area (Å²) in [5.41, 5.74) is 0.829. The highest BCUT2D eigenvalue weighted by Gasteiger charge is 2.42. The Morgan fingerprint density at radius 2 is 1.89 bits per heavy atom. The van der Waals surface area contributed by atoms with Crippen LogP contribution in [0.3, 0.4) is 0 Å². The molecule has 3 unspecified atom stereocenters. The van der Waals surface area contributed by atoms with Gasteiger partial charge in [0.2, 0.25) is 0 Å². The van der Waals surface area contributed by atoms with Crippen LogP contribution in [0.2, 0.25) is 0 Å². The van der Waals surface area contributed by atoms with E-state index in [2.05, 4.69) is 22.2 Å². The Morgan fingerprint density at radius 1 is 1.15 bits per heavy atom. The van der Waals surface area contributed by atoms with Crippen LogP contribution in [-0.4, -0.2) is 68.8 Å². The molecule has 0 bridgehead atoms. The van der Waals surface area contributed by atoms with Gasteiger partial charge in [0.25, 0.3) is 0 Å². The second-order valence-electron chi connectivity index (χ2n) is 8.73. The number of hydrogen-bond donors (Lipinski definition) is 1. The van der Waals surface area contributed by atoms with Crippen molar-refractivity contribution in [2.75, 3.05) is 46.9 Å². The maximum Gasteiger partial charge on any atom is 0.129 e. The number of halogens is 2. The van der Waals surface area contributed by atoms with Crippen LogP contribution in [0.1, 0.15) is 37.4 Å². The fourth-order valence-corrected chi connectivity index (χ4v) is 5.31. The van der Waals surface area contributed by atoms with E-state index in [1.807, 2.05) is 7.05 Å². The molecule has 1 aromatic carbocycles. The van der Waals surface area contributed by atoms with Gasteiger partial charge in [0.05, 0.1) is 6.61 Å². The quantitative estimate of drug-likeness (QED) is 0.874. The first-order valence-electron chi connectivity index (χ1n) is 10.2.